The minimum absolute atomic E-state index is 0.235. The molecule has 3 nitrogen and oxygen atoms in total. The fourth-order valence-corrected chi connectivity index (χ4v) is 1.74. The van der Waals surface area contributed by atoms with Crippen LogP contribution in [0.5, 0.6) is 5.75 Å². The highest BCUT2D eigenvalue weighted by atomic mass is 16.3. The first-order valence-electron chi connectivity index (χ1n) is 6.57. The molecule has 0 aliphatic rings. The Bertz CT molecular complexity index is 530. The van der Waals surface area contributed by atoms with Gasteiger partial charge in [0.1, 0.15) is 5.75 Å². The van der Waals surface area contributed by atoms with Gasteiger partial charge in [-0.2, -0.15) is 10.2 Å². The monoisotopic (exact) mass is 254 g/mol. The zero-order valence-electron chi connectivity index (χ0n) is 11.1. The molecule has 0 amide bonds. The molecule has 0 aromatic heterocycles. The third-order valence-electron chi connectivity index (χ3n) is 2.89. The summed E-state index contributed by atoms with van der Waals surface area (Å²) in [5.74, 6) is 0.235. The van der Waals surface area contributed by atoms with Crippen molar-refractivity contribution < 1.29 is 5.11 Å². The van der Waals surface area contributed by atoms with E-state index >= 15 is 0 Å². The first-order valence-corrected chi connectivity index (χ1v) is 6.57. The van der Waals surface area contributed by atoms with Gasteiger partial charge in [0, 0.05) is 0 Å². The Hall–Kier alpha value is -2.16. The van der Waals surface area contributed by atoms with Crippen molar-refractivity contribution in [2.45, 2.75) is 26.2 Å². The molecule has 0 saturated heterocycles. The molecule has 3 heteroatoms. The molecule has 0 bridgehead atoms. The number of nitrogens with zero attached hydrogens (tertiary/aromatic N) is 2. The first-order chi connectivity index (χ1) is 9.28. The largest absolute Gasteiger partial charge is 0.508 e. The average molecular weight is 254 g/mol. The van der Waals surface area contributed by atoms with E-state index in [0.29, 0.717) is 0 Å². The van der Waals surface area contributed by atoms with Crippen molar-refractivity contribution >= 4 is 11.4 Å². The van der Waals surface area contributed by atoms with Gasteiger partial charge in [0.2, 0.25) is 0 Å². The van der Waals surface area contributed by atoms with E-state index in [1.54, 1.807) is 24.3 Å². The van der Waals surface area contributed by atoms with E-state index in [9.17, 15) is 5.11 Å². The summed E-state index contributed by atoms with van der Waals surface area (Å²) >= 11 is 0. The van der Waals surface area contributed by atoms with Crippen LogP contribution in [0.3, 0.4) is 0 Å². The standard InChI is InChI=1S/C16H18N2O/c1-2-3-4-13-5-7-14(8-6-13)17-18-15-9-11-16(19)12-10-15/h5-12,19H,2-4H2,1H3/b18-17+. The van der Waals surface area contributed by atoms with E-state index in [2.05, 4.69) is 29.3 Å². The van der Waals surface area contributed by atoms with Crippen molar-refractivity contribution in [2.24, 2.45) is 10.2 Å². The van der Waals surface area contributed by atoms with E-state index < -0.39 is 0 Å². The molecule has 0 fully saturated rings. The van der Waals surface area contributed by atoms with Crippen molar-refractivity contribution in [3.05, 3.63) is 54.1 Å². The lowest BCUT2D eigenvalue weighted by Gasteiger charge is -1.99. The summed E-state index contributed by atoms with van der Waals surface area (Å²) in [6.07, 6.45) is 3.54. The molecule has 2 rings (SSSR count). The van der Waals surface area contributed by atoms with Gasteiger partial charge in [-0.1, -0.05) is 25.5 Å². The number of phenols is 1. The van der Waals surface area contributed by atoms with Gasteiger partial charge in [-0.15, -0.1) is 0 Å². The van der Waals surface area contributed by atoms with Gasteiger partial charge >= 0.3 is 0 Å². The molecule has 0 heterocycles. The topological polar surface area (TPSA) is 45.0 Å². The Kier molecular flexibility index (Phi) is 4.67. The molecule has 19 heavy (non-hydrogen) atoms. The molecule has 0 unspecified atom stereocenters. The Balaban J connectivity index is 2.00. The van der Waals surface area contributed by atoms with Gasteiger partial charge in [-0.25, -0.2) is 0 Å². The zero-order valence-corrected chi connectivity index (χ0v) is 11.1. The molecule has 0 radical (unpaired) electrons. The van der Waals surface area contributed by atoms with Crippen LogP contribution in [0, 0.1) is 0 Å². The van der Waals surface area contributed by atoms with Crippen molar-refractivity contribution in [1.29, 1.82) is 0 Å². The molecule has 0 atom stereocenters. The van der Waals surface area contributed by atoms with Gasteiger partial charge in [0.05, 0.1) is 11.4 Å². The number of phenolic OH excluding ortho intramolecular Hbond substituents is 1. The highest BCUT2D eigenvalue weighted by Crippen LogP contribution is 2.21. The smallest absolute Gasteiger partial charge is 0.115 e. The maximum absolute atomic E-state index is 9.17. The van der Waals surface area contributed by atoms with Crippen LogP contribution in [0.4, 0.5) is 11.4 Å². The van der Waals surface area contributed by atoms with Gasteiger partial charge < -0.3 is 5.11 Å². The normalized spacial score (nSPS) is 11.0. The lowest BCUT2D eigenvalue weighted by atomic mass is 10.1. The van der Waals surface area contributed by atoms with Crippen LogP contribution in [-0.4, -0.2) is 5.11 Å². The molecule has 0 aliphatic heterocycles. The van der Waals surface area contributed by atoms with E-state index in [1.165, 1.54) is 18.4 Å². The highest BCUT2D eigenvalue weighted by Gasteiger charge is 1.94. The number of aryl methyl sites for hydroxylation is 1. The lowest BCUT2D eigenvalue weighted by molar-refractivity contribution is 0.475. The molecule has 2 aromatic carbocycles. The molecule has 2 aromatic rings. The van der Waals surface area contributed by atoms with Crippen molar-refractivity contribution in [2.75, 3.05) is 0 Å². The number of aromatic hydroxyl groups is 1. The molecule has 0 aliphatic carbocycles. The zero-order chi connectivity index (χ0) is 13.5. The molecule has 0 saturated carbocycles. The number of hydrogen-bond acceptors (Lipinski definition) is 3. The van der Waals surface area contributed by atoms with E-state index in [1.807, 2.05) is 12.1 Å². The van der Waals surface area contributed by atoms with E-state index in [-0.39, 0.29) is 5.75 Å². The maximum Gasteiger partial charge on any atom is 0.115 e. The van der Waals surface area contributed by atoms with Gasteiger partial charge in [0.25, 0.3) is 0 Å². The summed E-state index contributed by atoms with van der Waals surface area (Å²) in [5, 5.41) is 17.5. The summed E-state index contributed by atoms with van der Waals surface area (Å²) in [7, 11) is 0. The van der Waals surface area contributed by atoms with E-state index in [4.69, 9.17) is 0 Å². The first kappa shape index (κ1) is 13.3. The van der Waals surface area contributed by atoms with Crippen LogP contribution in [0.1, 0.15) is 25.3 Å². The van der Waals surface area contributed by atoms with Gasteiger partial charge in [0.15, 0.2) is 0 Å². The van der Waals surface area contributed by atoms with Crippen LogP contribution in [0.2, 0.25) is 0 Å². The van der Waals surface area contributed by atoms with Crippen LogP contribution >= 0.6 is 0 Å². The SMILES string of the molecule is CCCCc1ccc(/N=N/c2ccc(O)cc2)cc1. The second-order valence-electron chi connectivity index (χ2n) is 4.49. The minimum Gasteiger partial charge on any atom is -0.508 e. The third kappa shape index (κ3) is 4.21. The van der Waals surface area contributed by atoms with Crippen molar-refractivity contribution in [3.8, 4) is 5.75 Å². The fraction of sp³-hybridized carbons (Fsp3) is 0.250. The number of unbranched alkanes of at least 4 members (excludes halogenated alkanes) is 1. The number of rotatable bonds is 5. The Labute approximate surface area is 113 Å². The summed E-state index contributed by atoms with van der Waals surface area (Å²) in [6, 6.07) is 14.8. The molecule has 0 spiro atoms. The molecule has 1 N–H and O–H groups in total. The Morgan fingerprint density at radius 3 is 1.89 bits per heavy atom. The van der Waals surface area contributed by atoms with Crippen LogP contribution in [-0.2, 0) is 6.42 Å². The predicted octanol–water partition coefficient (Wildman–Crippen LogP) is 5.15. The minimum atomic E-state index is 0.235. The van der Waals surface area contributed by atoms with E-state index in [0.717, 1.165) is 17.8 Å². The molecule has 98 valence electrons. The highest BCUT2D eigenvalue weighted by molar-refractivity contribution is 5.42. The predicted molar refractivity (Wildman–Crippen MR) is 77.3 cm³/mol. The summed E-state index contributed by atoms with van der Waals surface area (Å²) in [5.41, 5.74) is 2.91. The van der Waals surface area contributed by atoms with Crippen LogP contribution in [0.25, 0.3) is 0 Å². The van der Waals surface area contributed by atoms with Crippen molar-refractivity contribution in [3.63, 3.8) is 0 Å². The Morgan fingerprint density at radius 1 is 0.842 bits per heavy atom. The van der Waals surface area contributed by atoms with Crippen LogP contribution in [0.15, 0.2) is 58.8 Å². The van der Waals surface area contributed by atoms with Gasteiger partial charge in [-0.05, 0) is 54.8 Å². The van der Waals surface area contributed by atoms with Crippen molar-refractivity contribution in [1.82, 2.24) is 0 Å². The summed E-state index contributed by atoms with van der Waals surface area (Å²) in [6.45, 7) is 2.19. The quantitative estimate of drug-likeness (QED) is 0.737. The average Bonchev–Trinajstić information content (AvgIpc) is 2.46. The summed E-state index contributed by atoms with van der Waals surface area (Å²) in [4.78, 5) is 0. The lowest BCUT2D eigenvalue weighted by Crippen LogP contribution is -1.82. The Morgan fingerprint density at radius 2 is 1.37 bits per heavy atom. The summed E-state index contributed by atoms with van der Waals surface area (Å²) < 4.78 is 0. The number of benzene rings is 2. The molecular formula is C16H18N2O. The second kappa shape index (κ2) is 6.69. The van der Waals surface area contributed by atoms with Gasteiger partial charge in [-0.3, -0.25) is 0 Å². The number of hydrogen-bond donors (Lipinski definition) is 1. The van der Waals surface area contributed by atoms with Crippen LogP contribution < -0.4 is 0 Å². The third-order valence-corrected chi connectivity index (χ3v) is 2.89. The second-order valence-corrected chi connectivity index (χ2v) is 4.49. The fourth-order valence-electron chi connectivity index (χ4n) is 1.74. The molecular weight excluding hydrogens is 236 g/mol. The maximum atomic E-state index is 9.17. The number of azo groups is 1.